The first-order valence-electron chi connectivity index (χ1n) is 6.52. The number of nitriles is 1. The van der Waals surface area contributed by atoms with Crippen LogP contribution in [0.15, 0.2) is 63.3 Å². The Labute approximate surface area is 142 Å². The maximum atomic E-state index is 11.5. The Hall–Kier alpha value is -2.43. The van der Waals surface area contributed by atoms with Crippen molar-refractivity contribution in [3.63, 3.8) is 0 Å². The van der Waals surface area contributed by atoms with Crippen molar-refractivity contribution < 1.29 is 9.90 Å². The fourth-order valence-electron chi connectivity index (χ4n) is 1.75. The van der Waals surface area contributed by atoms with E-state index in [1.165, 1.54) is 29.6 Å². The van der Waals surface area contributed by atoms with E-state index in [1.807, 2.05) is 30.3 Å². The highest BCUT2D eigenvalue weighted by Crippen LogP contribution is 2.32. The summed E-state index contributed by atoms with van der Waals surface area (Å²) in [4.78, 5) is 17.3. The van der Waals surface area contributed by atoms with E-state index in [1.54, 1.807) is 24.6 Å². The average Bonchev–Trinajstić information content (AvgIpc) is 2.56. The topological polar surface area (TPSA) is 85.5 Å². The molecule has 0 unspecified atom stereocenters. The number of carboxylic acid groups (broad SMARTS) is 1. The van der Waals surface area contributed by atoms with Crippen LogP contribution in [0.3, 0.4) is 0 Å². The molecule has 0 aliphatic carbocycles. The van der Waals surface area contributed by atoms with Crippen molar-refractivity contribution in [3.8, 4) is 6.19 Å². The molecule has 5 nitrogen and oxygen atoms in total. The van der Waals surface area contributed by atoms with Gasteiger partial charge >= 0.3 is 5.97 Å². The van der Waals surface area contributed by atoms with Crippen LogP contribution in [0.2, 0.25) is 0 Å². The third kappa shape index (κ3) is 4.77. The summed E-state index contributed by atoms with van der Waals surface area (Å²) in [6.45, 7) is 0. The molecule has 0 saturated carbocycles. The number of aromatic carboxylic acids is 1. The lowest BCUT2D eigenvalue weighted by atomic mass is 10.2. The number of aliphatic imine (C=N–C) groups is 1. The van der Waals surface area contributed by atoms with Gasteiger partial charge in [-0.05, 0) is 36.6 Å². The van der Waals surface area contributed by atoms with Gasteiger partial charge in [0.05, 0.1) is 11.3 Å². The molecule has 0 atom stereocenters. The van der Waals surface area contributed by atoms with Crippen molar-refractivity contribution >= 4 is 40.3 Å². The molecule has 2 aromatic rings. The highest BCUT2D eigenvalue weighted by atomic mass is 32.2. The Bertz CT molecular complexity index is 771. The number of rotatable bonds is 4. The quantitative estimate of drug-likeness (QED) is 0.378. The molecule has 0 heterocycles. The second-order valence-corrected chi connectivity index (χ2v) is 6.17. The molecule has 7 heteroatoms. The predicted octanol–water partition coefficient (Wildman–Crippen LogP) is 3.96. The molecule has 0 amide bonds. The number of thioether (sulfide) groups is 1. The van der Waals surface area contributed by atoms with E-state index in [-0.39, 0.29) is 5.56 Å². The summed E-state index contributed by atoms with van der Waals surface area (Å²) in [6.07, 6.45) is 3.58. The number of hydrogen-bond donors (Lipinski definition) is 2. The molecule has 0 fully saturated rings. The molecule has 0 aliphatic heterocycles. The van der Waals surface area contributed by atoms with Crippen LogP contribution >= 0.6 is 23.5 Å². The van der Waals surface area contributed by atoms with Crippen molar-refractivity contribution in [2.45, 2.75) is 9.79 Å². The summed E-state index contributed by atoms with van der Waals surface area (Å²) >= 11 is 2.66. The van der Waals surface area contributed by atoms with Crippen LogP contribution in [0.4, 0.5) is 5.69 Å². The van der Waals surface area contributed by atoms with E-state index in [0.29, 0.717) is 15.8 Å². The van der Waals surface area contributed by atoms with Crippen LogP contribution in [0.25, 0.3) is 0 Å². The fraction of sp³-hybridized carbons (Fsp3) is 0.0625. The number of amidine groups is 1. The Morgan fingerprint density at radius 3 is 2.61 bits per heavy atom. The minimum absolute atomic E-state index is 0.178. The zero-order chi connectivity index (χ0) is 16.7. The molecule has 0 saturated heterocycles. The molecule has 0 radical (unpaired) electrons. The smallest absolute Gasteiger partial charge is 0.336 e. The molecule has 2 rings (SSSR count). The van der Waals surface area contributed by atoms with E-state index < -0.39 is 5.97 Å². The fourth-order valence-corrected chi connectivity index (χ4v) is 3.03. The Kier molecular flexibility index (Phi) is 6.09. The summed E-state index contributed by atoms with van der Waals surface area (Å²) in [5.41, 5.74) is 0.657. The molecule has 0 bridgehead atoms. The molecule has 0 aliphatic rings. The van der Waals surface area contributed by atoms with Crippen molar-refractivity contribution in [2.24, 2.45) is 4.99 Å². The zero-order valence-electron chi connectivity index (χ0n) is 12.2. The number of carboxylic acids is 1. The maximum Gasteiger partial charge on any atom is 0.336 e. The van der Waals surface area contributed by atoms with Gasteiger partial charge in [-0.3, -0.25) is 5.32 Å². The van der Waals surface area contributed by atoms with Gasteiger partial charge in [0.1, 0.15) is 0 Å². The van der Waals surface area contributed by atoms with Crippen LogP contribution in [0.1, 0.15) is 10.4 Å². The van der Waals surface area contributed by atoms with Crippen LogP contribution in [-0.4, -0.2) is 22.5 Å². The van der Waals surface area contributed by atoms with Gasteiger partial charge < -0.3 is 5.11 Å². The van der Waals surface area contributed by atoms with Crippen molar-refractivity contribution in [2.75, 3.05) is 6.26 Å². The lowest BCUT2D eigenvalue weighted by molar-refractivity contribution is 0.0693. The lowest BCUT2D eigenvalue weighted by Gasteiger charge is -2.07. The SMILES string of the molecule is CSC(=Nc1ccc(Sc2ccccc2)c(C(=O)O)c1)NC#N. The molecule has 23 heavy (non-hydrogen) atoms. The van der Waals surface area contributed by atoms with E-state index in [2.05, 4.69) is 10.3 Å². The van der Waals surface area contributed by atoms with Gasteiger partial charge in [0, 0.05) is 9.79 Å². The van der Waals surface area contributed by atoms with Crippen LogP contribution in [0, 0.1) is 11.5 Å². The van der Waals surface area contributed by atoms with E-state index >= 15 is 0 Å². The summed E-state index contributed by atoms with van der Waals surface area (Å²) in [6, 6.07) is 14.5. The Balaban J connectivity index is 2.35. The lowest BCUT2D eigenvalue weighted by Crippen LogP contribution is -2.12. The van der Waals surface area contributed by atoms with E-state index in [4.69, 9.17) is 5.26 Å². The summed E-state index contributed by atoms with van der Waals surface area (Å²) in [5, 5.41) is 20.9. The minimum Gasteiger partial charge on any atom is -0.478 e. The molecular formula is C16H13N3O2S2. The molecule has 0 aromatic heterocycles. The highest BCUT2D eigenvalue weighted by Gasteiger charge is 2.12. The number of nitrogens with zero attached hydrogens (tertiary/aromatic N) is 2. The monoisotopic (exact) mass is 343 g/mol. The average molecular weight is 343 g/mol. The van der Waals surface area contributed by atoms with Crippen molar-refractivity contribution in [1.82, 2.24) is 5.32 Å². The number of nitrogens with one attached hydrogen (secondary N) is 1. The van der Waals surface area contributed by atoms with Gasteiger partial charge in [-0.25, -0.2) is 9.79 Å². The van der Waals surface area contributed by atoms with Gasteiger partial charge in [0.25, 0.3) is 0 Å². The first-order valence-corrected chi connectivity index (χ1v) is 8.56. The van der Waals surface area contributed by atoms with Gasteiger partial charge in [-0.2, -0.15) is 5.26 Å². The normalized spacial score (nSPS) is 10.9. The summed E-state index contributed by atoms with van der Waals surface area (Å²) in [7, 11) is 0. The second-order valence-electron chi connectivity index (χ2n) is 4.26. The van der Waals surface area contributed by atoms with Crippen LogP contribution in [0.5, 0.6) is 0 Å². The van der Waals surface area contributed by atoms with Gasteiger partial charge in [0.2, 0.25) is 0 Å². The number of carbonyl (C=O) groups is 1. The third-order valence-corrected chi connectivity index (χ3v) is 4.42. The molecule has 2 N–H and O–H groups in total. The zero-order valence-corrected chi connectivity index (χ0v) is 13.8. The summed E-state index contributed by atoms with van der Waals surface area (Å²) in [5.74, 6) is -1.01. The minimum atomic E-state index is -1.01. The number of hydrogen-bond acceptors (Lipinski definition) is 5. The molecule has 116 valence electrons. The molecular weight excluding hydrogens is 330 g/mol. The first-order chi connectivity index (χ1) is 11.1. The third-order valence-electron chi connectivity index (χ3n) is 2.75. The summed E-state index contributed by atoms with van der Waals surface area (Å²) < 4.78 is 0. The van der Waals surface area contributed by atoms with E-state index in [9.17, 15) is 9.90 Å². The first kappa shape index (κ1) is 16.9. The number of benzene rings is 2. The van der Waals surface area contributed by atoms with Crippen LogP contribution in [-0.2, 0) is 0 Å². The predicted molar refractivity (Wildman–Crippen MR) is 93.3 cm³/mol. The van der Waals surface area contributed by atoms with Gasteiger partial charge in [-0.15, -0.1) is 0 Å². The van der Waals surface area contributed by atoms with Gasteiger partial charge in [0.15, 0.2) is 11.4 Å². The Morgan fingerprint density at radius 1 is 1.26 bits per heavy atom. The largest absolute Gasteiger partial charge is 0.478 e. The maximum absolute atomic E-state index is 11.5. The Morgan fingerprint density at radius 2 is 2.00 bits per heavy atom. The van der Waals surface area contributed by atoms with Crippen molar-refractivity contribution in [1.29, 1.82) is 5.26 Å². The van der Waals surface area contributed by atoms with Crippen LogP contribution < -0.4 is 5.32 Å². The second kappa shape index (κ2) is 8.27. The van der Waals surface area contributed by atoms with Crippen molar-refractivity contribution in [3.05, 3.63) is 54.1 Å². The molecule has 2 aromatic carbocycles. The van der Waals surface area contributed by atoms with E-state index in [0.717, 1.165) is 4.90 Å². The van der Waals surface area contributed by atoms with Gasteiger partial charge in [-0.1, -0.05) is 41.7 Å². The molecule has 0 spiro atoms. The highest BCUT2D eigenvalue weighted by molar-refractivity contribution is 8.13. The standard InChI is InChI=1S/C16H13N3O2S2/c1-22-16(18-10-17)19-11-7-8-14(13(9-11)15(20)21)23-12-5-3-2-4-6-12/h2-9H,1H3,(H,18,19)(H,20,21).